The van der Waals surface area contributed by atoms with Gasteiger partial charge in [0.15, 0.2) is 19.5 Å². The molecule has 1 aliphatic heterocycles. The molecule has 0 radical (unpaired) electrons. The second-order valence-corrected chi connectivity index (χ2v) is 11.5. The summed E-state index contributed by atoms with van der Waals surface area (Å²) in [6, 6.07) is 15.1. The third kappa shape index (κ3) is 4.93. The Morgan fingerprint density at radius 3 is 2.19 bits per heavy atom. The van der Waals surface area contributed by atoms with E-state index >= 15 is 0 Å². The molecule has 2 N–H and O–H groups in total. The first-order valence-electron chi connectivity index (χ1n) is 9.46. The lowest BCUT2D eigenvalue weighted by molar-refractivity contribution is -0.132. The first-order valence-corrected chi connectivity index (χ1v) is 12.9. The summed E-state index contributed by atoms with van der Waals surface area (Å²) < 4.78 is 34.0. The number of nitrogens with zero attached hydrogens (tertiary/aromatic N) is 1. The maximum atomic E-state index is 12.1. The maximum absolute atomic E-state index is 12.1. The quantitative estimate of drug-likeness (QED) is 0.368. The van der Waals surface area contributed by atoms with Gasteiger partial charge in [0.05, 0.1) is 5.71 Å². The fourth-order valence-corrected chi connectivity index (χ4v) is 4.76. The third-order valence-electron chi connectivity index (χ3n) is 5.49. The predicted molar refractivity (Wildman–Crippen MR) is 118 cm³/mol. The standard InChI is InChI=1S/C21H24N2O6S2/c1-21(20(24)22-25,31(3,27)28)13-17-12-19(23-29-17)16-6-4-14(5-7-16)15-8-10-18(11-9-15)30(2)26/h4-11,17,25H,12-13H2,1-3H3,(H,22,24)/t17-,21-,30?/m1/s1. The molecule has 10 heteroatoms. The molecule has 1 heterocycles. The number of rotatable bonds is 7. The second kappa shape index (κ2) is 8.99. The highest BCUT2D eigenvalue weighted by Gasteiger charge is 2.47. The third-order valence-corrected chi connectivity index (χ3v) is 8.41. The van der Waals surface area contributed by atoms with Crippen LogP contribution in [0.1, 0.15) is 25.3 Å². The first kappa shape index (κ1) is 23.3. The fraction of sp³-hybridized carbons (Fsp3) is 0.333. The van der Waals surface area contributed by atoms with Gasteiger partial charge in [-0.1, -0.05) is 29.4 Å². The van der Waals surface area contributed by atoms with Crippen molar-refractivity contribution in [3.05, 3.63) is 54.1 Å². The Morgan fingerprint density at radius 2 is 1.71 bits per heavy atom. The molecule has 3 atom stereocenters. The Kier molecular flexibility index (Phi) is 6.75. The number of amides is 1. The molecule has 0 saturated carbocycles. The molecular weight excluding hydrogens is 440 g/mol. The number of hydroxylamine groups is 1. The van der Waals surface area contributed by atoms with E-state index in [-0.39, 0.29) is 6.42 Å². The van der Waals surface area contributed by atoms with Gasteiger partial charge in [0.2, 0.25) is 0 Å². The zero-order valence-corrected chi connectivity index (χ0v) is 19.0. The van der Waals surface area contributed by atoms with Gasteiger partial charge in [-0.3, -0.25) is 10.0 Å². The number of carbonyl (C=O) groups is 1. The number of carbonyl (C=O) groups excluding carboxylic acids is 1. The molecule has 2 aromatic carbocycles. The minimum atomic E-state index is -3.81. The van der Waals surface area contributed by atoms with E-state index in [1.54, 1.807) is 6.26 Å². The Bertz CT molecular complexity index is 1080. The van der Waals surface area contributed by atoms with Crippen molar-refractivity contribution in [1.82, 2.24) is 5.48 Å². The van der Waals surface area contributed by atoms with Crippen molar-refractivity contribution in [2.24, 2.45) is 5.16 Å². The number of hydrogen-bond acceptors (Lipinski definition) is 7. The van der Waals surface area contributed by atoms with Crippen LogP contribution in [0.2, 0.25) is 0 Å². The molecular formula is C21H24N2O6S2. The summed E-state index contributed by atoms with van der Waals surface area (Å²) in [6.45, 7) is 1.25. The molecule has 2 aromatic rings. The Balaban J connectivity index is 1.70. The summed E-state index contributed by atoms with van der Waals surface area (Å²) in [5.41, 5.74) is 4.88. The Hall–Kier alpha value is -2.40. The molecule has 0 bridgehead atoms. The van der Waals surface area contributed by atoms with Gasteiger partial charge in [-0.25, -0.2) is 13.9 Å². The second-order valence-electron chi connectivity index (χ2n) is 7.67. The van der Waals surface area contributed by atoms with Crippen molar-refractivity contribution in [2.45, 2.75) is 35.5 Å². The van der Waals surface area contributed by atoms with Crippen LogP contribution in [0.15, 0.2) is 58.6 Å². The molecule has 0 saturated heterocycles. The average molecular weight is 465 g/mol. The number of hydrogen-bond donors (Lipinski definition) is 2. The van der Waals surface area contributed by atoms with Crippen LogP contribution in [0, 0.1) is 0 Å². The summed E-state index contributed by atoms with van der Waals surface area (Å²) in [5, 5.41) is 13.0. The van der Waals surface area contributed by atoms with E-state index in [1.807, 2.05) is 48.5 Å². The Morgan fingerprint density at radius 1 is 1.19 bits per heavy atom. The van der Waals surface area contributed by atoms with Crippen LogP contribution in [0.25, 0.3) is 11.1 Å². The molecule has 0 spiro atoms. The summed E-state index contributed by atoms with van der Waals surface area (Å²) in [4.78, 5) is 18.2. The van der Waals surface area contributed by atoms with Crippen LogP contribution in [0.3, 0.4) is 0 Å². The largest absolute Gasteiger partial charge is 0.612 e. The summed E-state index contributed by atoms with van der Waals surface area (Å²) >= 11 is -1.03. The van der Waals surface area contributed by atoms with E-state index in [9.17, 15) is 17.8 Å². The van der Waals surface area contributed by atoms with Crippen molar-refractivity contribution in [1.29, 1.82) is 0 Å². The monoisotopic (exact) mass is 464 g/mol. The summed E-state index contributed by atoms with van der Waals surface area (Å²) in [5.74, 6) is -1.01. The zero-order chi connectivity index (χ0) is 22.8. The van der Waals surface area contributed by atoms with Gasteiger partial charge in [0, 0.05) is 19.1 Å². The zero-order valence-electron chi connectivity index (χ0n) is 17.4. The van der Waals surface area contributed by atoms with Gasteiger partial charge in [-0.15, -0.1) is 0 Å². The van der Waals surface area contributed by atoms with Gasteiger partial charge in [0.1, 0.15) is 12.4 Å². The number of oxime groups is 1. The predicted octanol–water partition coefficient (Wildman–Crippen LogP) is 2.28. The highest BCUT2D eigenvalue weighted by atomic mass is 32.2. The van der Waals surface area contributed by atoms with E-state index < -0.39 is 37.8 Å². The Labute approximate surface area is 184 Å². The summed E-state index contributed by atoms with van der Waals surface area (Å²) in [6.07, 6.45) is 2.15. The highest BCUT2D eigenvalue weighted by Crippen LogP contribution is 2.30. The van der Waals surface area contributed by atoms with E-state index in [0.717, 1.165) is 27.8 Å². The lowest BCUT2D eigenvalue weighted by Crippen LogP contribution is -2.51. The van der Waals surface area contributed by atoms with Crippen LogP contribution < -0.4 is 5.48 Å². The van der Waals surface area contributed by atoms with Gasteiger partial charge in [-0.2, -0.15) is 0 Å². The van der Waals surface area contributed by atoms with Crippen LogP contribution >= 0.6 is 0 Å². The SMILES string of the molecule is C[S+]([O-])c1ccc(-c2ccc(C3=NO[C@@H](C[C@](C)(C(=O)NO)S(C)(=O)=O)C3)cc2)cc1. The van der Waals surface area contributed by atoms with Gasteiger partial charge < -0.3 is 9.39 Å². The smallest absolute Gasteiger partial charge is 0.264 e. The number of benzene rings is 2. The van der Waals surface area contributed by atoms with Crippen molar-refractivity contribution >= 4 is 32.6 Å². The van der Waals surface area contributed by atoms with Crippen LogP contribution in [0.4, 0.5) is 0 Å². The molecule has 8 nitrogen and oxygen atoms in total. The first-order chi connectivity index (χ1) is 14.5. The molecule has 1 amide bonds. The van der Waals surface area contributed by atoms with E-state index in [2.05, 4.69) is 5.16 Å². The molecule has 166 valence electrons. The normalized spacial score (nSPS) is 19.1. The van der Waals surface area contributed by atoms with Gasteiger partial charge in [0.25, 0.3) is 5.91 Å². The van der Waals surface area contributed by atoms with Crippen molar-refractivity contribution < 1.29 is 27.8 Å². The van der Waals surface area contributed by atoms with E-state index in [1.165, 1.54) is 12.4 Å². The average Bonchev–Trinajstić information content (AvgIpc) is 3.20. The van der Waals surface area contributed by atoms with Crippen LogP contribution in [-0.2, 0) is 30.6 Å². The van der Waals surface area contributed by atoms with Crippen molar-refractivity contribution in [2.75, 3.05) is 12.5 Å². The molecule has 0 aliphatic carbocycles. The van der Waals surface area contributed by atoms with Crippen molar-refractivity contribution in [3.8, 4) is 11.1 Å². The number of nitrogens with one attached hydrogen (secondary N) is 1. The topological polar surface area (TPSA) is 128 Å². The maximum Gasteiger partial charge on any atom is 0.264 e. The van der Waals surface area contributed by atoms with E-state index in [4.69, 9.17) is 10.0 Å². The fourth-order valence-electron chi connectivity index (χ4n) is 3.37. The molecule has 31 heavy (non-hydrogen) atoms. The lowest BCUT2D eigenvalue weighted by Gasteiger charge is -2.26. The highest BCUT2D eigenvalue weighted by molar-refractivity contribution is 7.92. The minimum Gasteiger partial charge on any atom is -0.612 e. The lowest BCUT2D eigenvalue weighted by atomic mass is 9.95. The molecule has 1 unspecified atom stereocenters. The molecule has 0 aromatic heterocycles. The van der Waals surface area contributed by atoms with Gasteiger partial charge >= 0.3 is 0 Å². The molecule has 1 aliphatic rings. The number of sulfone groups is 1. The summed E-state index contributed by atoms with van der Waals surface area (Å²) in [7, 11) is -3.81. The molecule has 3 rings (SSSR count). The van der Waals surface area contributed by atoms with Crippen LogP contribution in [0.5, 0.6) is 0 Å². The minimum absolute atomic E-state index is 0.144. The van der Waals surface area contributed by atoms with Crippen molar-refractivity contribution in [3.63, 3.8) is 0 Å². The van der Waals surface area contributed by atoms with Crippen LogP contribution in [-0.4, -0.2) is 53.2 Å². The van der Waals surface area contributed by atoms with Gasteiger partial charge in [-0.05, 0) is 59.1 Å². The molecule has 0 fully saturated rings. The van der Waals surface area contributed by atoms with E-state index in [0.29, 0.717) is 12.1 Å².